The van der Waals surface area contributed by atoms with Crippen molar-refractivity contribution in [2.75, 3.05) is 11.9 Å². The molecule has 39 heavy (non-hydrogen) atoms. The first-order valence-electron chi connectivity index (χ1n) is 12.8. The lowest BCUT2D eigenvalue weighted by Gasteiger charge is -2.29. The van der Waals surface area contributed by atoms with Gasteiger partial charge in [0.25, 0.3) is 5.89 Å². The maximum atomic E-state index is 12.4. The molecule has 5 rings (SSSR count). The molecule has 1 fully saturated rings. The lowest BCUT2D eigenvalue weighted by atomic mass is 9.93. The highest BCUT2D eigenvalue weighted by Crippen LogP contribution is 2.27. The zero-order valence-electron chi connectivity index (χ0n) is 21.6. The van der Waals surface area contributed by atoms with Gasteiger partial charge >= 0.3 is 6.36 Å². The van der Waals surface area contributed by atoms with Crippen LogP contribution in [0.2, 0.25) is 0 Å². The van der Waals surface area contributed by atoms with Crippen molar-refractivity contribution in [3.63, 3.8) is 0 Å². The van der Waals surface area contributed by atoms with Crippen molar-refractivity contribution in [3.8, 4) is 28.7 Å². The van der Waals surface area contributed by atoms with Crippen LogP contribution in [-0.2, 0) is 11.3 Å². The quantitative estimate of drug-likeness (QED) is 0.275. The predicted molar refractivity (Wildman–Crippen MR) is 137 cm³/mol. The number of hydrogen-bond acceptors (Lipinski definition) is 8. The van der Waals surface area contributed by atoms with Gasteiger partial charge in [0.05, 0.1) is 12.6 Å². The molecule has 1 saturated carbocycles. The van der Waals surface area contributed by atoms with Crippen LogP contribution in [0.25, 0.3) is 23.0 Å². The first-order chi connectivity index (χ1) is 18.8. The van der Waals surface area contributed by atoms with Gasteiger partial charge in [0.15, 0.2) is 5.69 Å². The standard InChI is InChI=1S/C27H29F3N6O3/c1-3-37-21-10-6-20(7-11-21)32-24-15-18(12-13-31-24)16-36-17(2)14-23(34-36)26-33-25(35-39-26)19-4-8-22(9-5-19)38-27(28,29)30/h4-5,8-9,12-15,20-21H,3,6-7,10-11,16H2,1-2H3,(H,31,32). The van der Waals surface area contributed by atoms with E-state index in [0.29, 0.717) is 29.9 Å². The van der Waals surface area contributed by atoms with Crippen LogP contribution in [0.5, 0.6) is 5.75 Å². The number of anilines is 1. The molecule has 1 N–H and O–H groups in total. The Morgan fingerprint density at radius 3 is 2.56 bits per heavy atom. The van der Waals surface area contributed by atoms with Crippen molar-refractivity contribution in [1.82, 2.24) is 24.9 Å². The summed E-state index contributed by atoms with van der Waals surface area (Å²) in [6.07, 6.45) is 1.60. The molecular weight excluding hydrogens is 513 g/mol. The van der Waals surface area contributed by atoms with E-state index < -0.39 is 6.36 Å². The molecule has 1 aromatic carbocycles. The molecule has 0 atom stereocenters. The summed E-state index contributed by atoms with van der Waals surface area (Å²) < 4.78 is 54.1. The fraction of sp³-hybridized carbons (Fsp3) is 0.407. The zero-order valence-corrected chi connectivity index (χ0v) is 21.6. The summed E-state index contributed by atoms with van der Waals surface area (Å²) in [7, 11) is 0. The number of halogens is 3. The van der Waals surface area contributed by atoms with Gasteiger partial charge in [-0.25, -0.2) is 4.98 Å². The van der Waals surface area contributed by atoms with Crippen LogP contribution in [0.15, 0.2) is 53.2 Å². The molecule has 0 unspecified atom stereocenters. The molecule has 3 heterocycles. The van der Waals surface area contributed by atoms with E-state index in [1.807, 2.05) is 36.7 Å². The van der Waals surface area contributed by atoms with Gasteiger partial charge < -0.3 is 19.3 Å². The maximum absolute atomic E-state index is 12.4. The first-order valence-corrected chi connectivity index (χ1v) is 12.8. The van der Waals surface area contributed by atoms with E-state index >= 15 is 0 Å². The molecule has 0 spiro atoms. The molecule has 9 nitrogen and oxygen atoms in total. The van der Waals surface area contributed by atoms with Gasteiger partial charge in [-0.2, -0.15) is 10.1 Å². The minimum absolute atomic E-state index is 0.210. The van der Waals surface area contributed by atoms with Crippen LogP contribution in [0.4, 0.5) is 19.0 Å². The van der Waals surface area contributed by atoms with Crippen molar-refractivity contribution in [2.45, 2.75) is 64.6 Å². The van der Waals surface area contributed by atoms with Gasteiger partial charge in [-0.15, -0.1) is 13.2 Å². The smallest absolute Gasteiger partial charge is 0.406 e. The summed E-state index contributed by atoms with van der Waals surface area (Å²) in [5.41, 5.74) is 2.93. The van der Waals surface area contributed by atoms with Gasteiger partial charge in [-0.3, -0.25) is 4.68 Å². The molecule has 0 aliphatic heterocycles. The molecule has 1 aliphatic rings. The van der Waals surface area contributed by atoms with E-state index in [0.717, 1.165) is 49.4 Å². The maximum Gasteiger partial charge on any atom is 0.573 e. The number of nitrogens with one attached hydrogen (secondary N) is 1. The van der Waals surface area contributed by atoms with E-state index in [9.17, 15) is 13.2 Å². The fourth-order valence-corrected chi connectivity index (χ4v) is 4.67. The molecule has 0 saturated heterocycles. The second-order valence-corrected chi connectivity index (χ2v) is 9.45. The Kier molecular flexibility index (Phi) is 7.82. The van der Waals surface area contributed by atoms with E-state index in [2.05, 4.69) is 30.3 Å². The average molecular weight is 543 g/mol. The Labute approximate surface area is 223 Å². The van der Waals surface area contributed by atoms with Crippen molar-refractivity contribution in [2.24, 2.45) is 0 Å². The van der Waals surface area contributed by atoms with E-state index in [1.54, 1.807) is 6.20 Å². The second-order valence-electron chi connectivity index (χ2n) is 9.45. The molecule has 0 bridgehead atoms. The lowest BCUT2D eigenvalue weighted by molar-refractivity contribution is -0.274. The van der Waals surface area contributed by atoms with Crippen LogP contribution in [0.1, 0.15) is 43.9 Å². The molecule has 0 amide bonds. The Morgan fingerprint density at radius 2 is 1.85 bits per heavy atom. The zero-order chi connectivity index (χ0) is 27.4. The predicted octanol–water partition coefficient (Wildman–Crippen LogP) is 6.01. The summed E-state index contributed by atoms with van der Waals surface area (Å²) in [6.45, 7) is 5.25. The number of aromatic nitrogens is 5. The van der Waals surface area contributed by atoms with Gasteiger partial charge in [0, 0.05) is 30.1 Å². The molecule has 206 valence electrons. The Balaban J connectivity index is 1.23. The topological polar surface area (TPSA) is 100 Å². The number of rotatable bonds is 9. The van der Waals surface area contributed by atoms with Gasteiger partial charge in [0.1, 0.15) is 11.6 Å². The van der Waals surface area contributed by atoms with Gasteiger partial charge in [0.2, 0.25) is 5.82 Å². The number of alkyl halides is 3. The largest absolute Gasteiger partial charge is 0.573 e. The van der Waals surface area contributed by atoms with Crippen molar-refractivity contribution < 1.29 is 27.2 Å². The Bertz CT molecular complexity index is 1380. The minimum atomic E-state index is -4.75. The van der Waals surface area contributed by atoms with Gasteiger partial charge in [-0.1, -0.05) is 5.16 Å². The van der Waals surface area contributed by atoms with Crippen LogP contribution >= 0.6 is 0 Å². The number of hydrogen-bond donors (Lipinski definition) is 1. The fourth-order valence-electron chi connectivity index (χ4n) is 4.67. The van der Waals surface area contributed by atoms with Crippen molar-refractivity contribution in [3.05, 3.63) is 59.9 Å². The second kappa shape index (κ2) is 11.4. The van der Waals surface area contributed by atoms with Crippen LogP contribution in [-0.4, -0.2) is 50.0 Å². The molecular formula is C27H29F3N6O3. The lowest BCUT2D eigenvalue weighted by Crippen LogP contribution is -2.30. The molecule has 0 radical (unpaired) electrons. The van der Waals surface area contributed by atoms with E-state index in [-0.39, 0.29) is 17.5 Å². The summed E-state index contributed by atoms with van der Waals surface area (Å²) >= 11 is 0. The first kappa shape index (κ1) is 26.7. The van der Waals surface area contributed by atoms with Crippen LogP contribution < -0.4 is 10.1 Å². The van der Waals surface area contributed by atoms with E-state index in [1.165, 1.54) is 24.3 Å². The Morgan fingerprint density at radius 1 is 1.08 bits per heavy atom. The third-order valence-electron chi connectivity index (χ3n) is 6.56. The number of benzene rings is 1. The third kappa shape index (κ3) is 6.94. The highest BCUT2D eigenvalue weighted by Gasteiger charge is 2.31. The normalized spacial score (nSPS) is 17.8. The monoisotopic (exact) mass is 542 g/mol. The number of nitrogens with zero attached hydrogens (tertiary/aromatic N) is 5. The molecule has 1 aliphatic carbocycles. The number of ether oxygens (including phenoxy) is 2. The highest BCUT2D eigenvalue weighted by atomic mass is 19.4. The van der Waals surface area contributed by atoms with E-state index in [4.69, 9.17) is 9.26 Å². The minimum Gasteiger partial charge on any atom is -0.406 e. The Hall–Kier alpha value is -3.93. The van der Waals surface area contributed by atoms with Crippen LogP contribution in [0.3, 0.4) is 0 Å². The highest BCUT2D eigenvalue weighted by molar-refractivity contribution is 5.59. The summed E-state index contributed by atoms with van der Waals surface area (Å²) in [4.78, 5) is 8.86. The third-order valence-corrected chi connectivity index (χ3v) is 6.56. The SMILES string of the molecule is CCOC1CCC(Nc2cc(Cn3nc(-c4nc(-c5ccc(OC(F)(F)F)cc5)no4)cc3C)ccn2)CC1. The number of pyridine rings is 1. The average Bonchev–Trinajstić information content (AvgIpc) is 3.52. The number of aryl methyl sites for hydroxylation is 1. The summed E-state index contributed by atoms with van der Waals surface area (Å²) in [6, 6.07) is 11.5. The summed E-state index contributed by atoms with van der Waals surface area (Å²) in [5.74, 6) is 0.955. The summed E-state index contributed by atoms with van der Waals surface area (Å²) in [5, 5.41) is 12.1. The van der Waals surface area contributed by atoms with Gasteiger partial charge in [-0.05, 0) is 87.6 Å². The van der Waals surface area contributed by atoms with Crippen molar-refractivity contribution >= 4 is 5.82 Å². The molecule has 12 heteroatoms. The van der Waals surface area contributed by atoms with Crippen molar-refractivity contribution in [1.29, 1.82) is 0 Å². The molecule has 3 aromatic heterocycles. The molecule has 4 aromatic rings. The van der Waals surface area contributed by atoms with Crippen LogP contribution in [0, 0.1) is 6.92 Å².